The van der Waals surface area contributed by atoms with E-state index < -0.39 is 0 Å². The van der Waals surface area contributed by atoms with Crippen LogP contribution in [0.1, 0.15) is 36.8 Å². The summed E-state index contributed by atoms with van der Waals surface area (Å²) in [5, 5.41) is 16.3. The van der Waals surface area contributed by atoms with Crippen molar-refractivity contribution < 1.29 is 4.52 Å². The van der Waals surface area contributed by atoms with Crippen molar-refractivity contribution in [2.75, 3.05) is 5.32 Å². The largest absolute Gasteiger partial charge is 0.360 e. The summed E-state index contributed by atoms with van der Waals surface area (Å²) in [6.07, 6.45) is 0.755. The normalized spacial score (nSPS) is 11.9. The van der Waals surface area contributed by atoms with Crippen molar-refractivity contribution in [3.05, 3.63) is 34.6 Å². The molecule has 2 heterocycles. The summed E-state index contributed by atoms with van der Waals surface area (Å²) in [5.41, 5.74) is 0.186. The lowest BCUT2D eigenvalue weighted by Crippen LogP contribution is -2.12. The summed E-state index contributed by atoms with van der Waals surface area (Å²) in [6, 6.07) is 5.15. The summed E-state index contributed by atoms with van der Waals surface area (Å²) < 4.78 is 4.95. The average Bonchev–Trinajstić information content (AvgIpc) is 2.84. The molecule has 1 atom stereocenters. The van der Waals surface area contributed by atoms with Crippen molar-refractivity contribution in [2.45, 2.75) is 26.3 Å². The Balaban J connectivity index is 2.21. The van der Waals surface area contributed by atoms with Gasteiger partial charge in [0.15, 0.2) is 11.5 Å². The highest BCUT2D eigenvalue weighted by Gasteiger charge is 2.16. The molecule has 0 fully saturated rings. The van der Waals surface area contributed by atoms with Crippen LogP contribution in [0.5, 0.6) is 0 Å². The molecule has 7 heteroatoms. The molecular formula is C12H12ClN5O. The van der Waals surface area contributed by atoms with Crippen molar-refractivity contribution >= 4 is 17.4 Å². The molecule has 19 heavy (non-hydrogen) atoms. The van der Waals surface area contributed by atoms with E-state index in [1.807, 2.05) is 13.0 Å². The Morgan fingerprint density at radius 3 is 2.84 bits per heavy atom. The first kappa shape index (κ1) is 13.3. The minimum Gasteiger partial charge on any atom is -0.360 e. The van der Waals surface area contributed by atoms with Crippen LogP contribution in [0.2, 0.25) is 5.02 Å². The van der Waals surface area contributed by atoms with Crippen molar-refractivity contribution in [1.29, 1.82) is 5.26 Å². The van der Waals surface area contributed by atoms with Gasteiger partial charge in [-0.15, -0.1) is 0 Å². The molecule has 0 aliphatic rings. The Labute approximate surface area is 115 Å². The first-order chi connectivity index (χ1) is 9.13. The molecule has 1 unspecified atom stereocenters. The molecule has 0 bridgehead atoms. The average molecular weight is 278 g/mol. The van der Waals surface area contributed by atoms with Crippen molar-refractivity contribution in [3.8, 4) is 6.07 Å². The van der Waals surface area contributed by atoms with Gasteiger partial charge in [0.2, 0.25) is 5.89 Å². The lowest BCUT2D eigenvalue weighted by molar-refractivity contribution is 0.384. The summed E-state index contributed by atoms with van der Waals surface area (Å²) >= 11 is 5.83. The van der Waals surface area contributed by atoms with Crippen molar-refractivity contribution in [3.63, 3.8) is 0 Å². The van der Waals surface area contributed by atoms with E-state index in [9.17, 15) is 0 Å². The van der Waals surface area contributed by atoms with E-state index in [2.05, 4.69) is 20.4 Å². The van der Waals surface area contributed by atoms with E-state index in [4.69, 9.17) is 21.4 Å². The first-order valence-electron chi connectivity index (χ1n) is 5.77. The molecule has 0 saturated heterocycles. The van der Waals surface area contributed by atoms with Crippen LogP contribution >= 0.6 is 11.6 Å². The van der Waals surface area contributed by atoms with Gasteiger partial charge >= 0.3 is 0 Å². The van der Waals surface area contributed by atoms with Gasteiger partial charge in [-0.25, -0.2) is 4.98 Å². The highest BCUT2D eigenvalue weighted by Crippen LogP contribution is 2.21. The molecule has 98 valence electrons. The second kappa shape index (κ2) is 5.67. The van der Waals surface area contributed by atoms with Gasteiger partial charge < -0.3 is 9.84 Å². The van der Waals surface area contributed by atoms with Crippen molar-refractivity contribution in [2.24, 2.45) is 0 Å². The van der Waals surface area contributed by atoms with E-state index in [0.717, 1.165) is 6.42 Å². The molecule has 0 aliphatic heterocycles. The number of anilines is 1. The predicted octanol–water partition coefficient (Wildman–Crippen LogP) is 2.86. The monoisotopic (exact) mass is 277 g/mol. The molecule has 0 saturated carbocycles. The Bertz CT molecular complexity index is 619. The summed E-state index contributed by atoms with van der Waals surface area (Å²) in [6.45, 7) is 3.72. The van der Waals surface area contributed by atoms with Gasteiger partial charge in [0.05, 0.1) is 11.1 Å². The molecule has 2 aromatic rings. The van der Waals surface area contributed by atoms with Gasteiger partial charge in [0.1, 0.15) is 11.9 Å². The number of halogens is 1. The highest BCUT2D eigenvalue weighted by molar-refractivity contribution is 6.31. The molecular weight excluding hydrogens is 266 g/mol. The standard InChI is InChI=1S/C12H12ClN5O/c1-3-9(12-15-7(2)19-18-12)16-11-5-4-8(13)10(6-14)17-11/h4-5,9H,3H2,1-2H3,(H,16,17). The Kier molecular flexibility index (Phi) is 3.97. The third-order valence-corrected chi connectivity index (χ3v) is 2.84. The van der Waals surface area contributed by atoms with Gasteiger partial charge in [-0.3, -0.25) is 0 Å². The fourth-order valence-corrected chi connectivity index (χ4v) is 1.73. The SMILES string of the molecule is CCC(Nc1ccc(Cl)c(C#N)n1)c1noc(C)n1. The zero-order chi connectivity index (χ0) is 13.8. The third-order valence-electron chi connectivity index (χ3n) is 2.54. The number of aromatic nitrogens is 3. The Morgan fingerprint density at radius 2 is 2.26 bits per heavy atom. The number of pyridine rings is 1. The number of nitriles is 1. The first-order valence-corrected chi connectivity index (χ1v) is 6.15. The smallest absolute Gasteiger partial charge is 0.223 e. The van der Waals surface area contributed by atoms with Crippen LogP contribution in [0.3, 0.4) is 0 Å². The number of rotatable bonds is 4. The second-order valence-corrected chi connectivity index (χ2v) is 4.32. The number of aryl methyl sites for hydroxylation is 1. The van der Waals surface area contributed by atoms with E-state index in [1.165, 1.54) is 0 Å². The Morgan fingerprint density at radius 1 is 1.47 bits per heavy atom. The molecule has 0 spiro atoms. The molecule has 0 aromatic carbocycles. The second-order valence-electron chi connectivity index (χ2n) is 3.92. The molecule has 6 nitrogen and oxygen atoms in total. The third kappa shape index (κ3) is 3.01. The van der Waals surface area contributed by atoms with Gasteiger partial charge in [-0.05, 0) is 18.6 Å². The maximum absolute atomic E-state index is 8.89. The summed E-state index contributed by atoms with van der Waals surface area (Å²) in [7, 11) is 0. The number of hydrogen-bond acceptors (Lipinski definition) is 6. The topological polar surface area (TPSA) is 87.6 Å². The molecule has 1 N–H and O–H groups in total. The van der Waals surface area contributed by atoms with Crippen LogP contribution in [0.25, 0.3) is 0 Å². The fourth-order valence-electron chi connectivity index (χ4n) is 1.59. The summed E-state index contributed by atoms with van der Waals surface area (Å²) in [4.78, 5) is 8.30. The minimum absolute atomic E-state index is 0.127. The maximum atomic E-state index is 8.89. The van der Waals surface area contributed by atoms with Crippen molar-refractivity contribution in [1.82, 2.24) is 15.1 Å². The minimum atomic E-state index is -0.127. The lowest BCUT2D eigenvalue weighted by Gasteiger charge is -2.13. The van der Waals surface area contributed by atoms with Gasteiger partial charge in [-0.2, -0.15) is 10.2 Å². The van der Waals surface area contributed by atoms with Gasteiger partial charge in [0.25, 0.3) is 0 Å². The molecule has 0 aliphatic carbocycles. The van der Waals surface area contributed by atoms with E-state index in [0.29, 0.717) is 22.6 Å². The molecule has 0 amide bonds. The van der Waals surface area contributed by atoms with Gasteiger partial charge in [-0.1, -0.05) is 23.7 Å². The quantitative estimate of drug-likeness (QED) is 0.924. The van der Waals surface area contributed by atoms with Crippen LogP contribution in [0, 0.1) is 18.3 Å². The zero-order valence-electron chi connectivity index (χ0n) is 10.5. The Hall–Kier alpha value is -2.13. The molecule has 2 aromatic heterocycles. The zero-order valence-corrected chi connectivity index (χ0v) is 11.3. The predicted molar refractivity (Wildman–Crippen MR) is 69.7 cm³/mol. The number of hydrogen-bond donors (Lipinski definition) is 1. The van der Waals surface area contributed by atoms with E-state index >= 15 is 0 Å². The van der Waals surface area contributed by atoms with Crippen LogP contribution in [0.4, 0.5) is 5.82 Å². The number of nitrogens with one attached hydrogen (secondary N) is 1. The highest BCUT2D eigenvalue weighted by atomic mass is 35.5. The number of nitrogens with zero attached hydrogens (tertiary/aromatic N) is 4. The van der Waals surface area contributed by atoms with Gasteiger partial charge in [0, 0.05) is 6.92 Å². The lowest BCUT2D eigenvalue weighted by atomic mass is 10.2. The molecule has 2 rings (SSSR count). The van der Waals surface area contributed by atoms with E-state index in [-0.39, 0.29) is 11.7 Å². The van der Waals surface area contributed by atoms with E-state index in [1.54, 1.807) is 19.1 Å². The van der Waals surface area contributed by atoms with Crippen LogP contribution < -0.4 is 5.32 Å². The summed E-state index contributed by atoms with van der Waals surface area (Å²) in [5.74, 6) is 1.63. The maximum Gasteiger partial charge on any atom is 0.223 e. The molecule has 0 radical (unpaired) electrons. The van der Waals surface area contributed by atoms with Crippen LogP contribution in [-0.4, -0.2) is 15.1 Å². The fraction of sp³-hybridized carbons (Fsp3) is 0.333. The van der Waals surface area contributed by atoms with Crippen LogP contribution in [0.15, 0.2) is 16.7 Å². The van der Waals surface area contributed by atoms with Crippen LogP contribution in [-0.2, 0) is 0 Å².